The van der Waals surface area contributed by atoms with E-state index in [1.165, 1.54) is 0 Å². The van der Waals surface area contributed by atoms with Gasteiger partial charge in [-0.3, -0.25) is 19.2 Å². The summed E-state index contributed by atoms with van der Waals surface area (Å²) in [6.45, 7) is 6.51. The molecule has 8 nitrogen and oxygen atoms in total. The molecule has 0 spiro atoms. The highest BCUT2D eigenvalue weighted by molar-refractivity contribution is 5.70. The molecule has 1 N–H and O–H groups in total. The zero-order valence-corrected chi connectivity index (χ0v) is 16.1. The van der Waals surface area contributed by atoms with Crippen molar-refractivity contribution in [2.75, 3.05) is 19.8 Å². The van der Waals surface area contributed by atoms with Gasteiger partial charge in [0.15, 0.2) is 0 Å². The molecule has 0 aromatic heterocycles. The number of hydrogen-bond donors (Lipinski definition) is 1. The number of carbonyl (C=O) groups is 4. The van der Waals surface area contributed by atoms with Gasteiger partial charge in [-0.25, -0.2) is 0 Å². The Labute approximate surface area is 155 Å². The summed E-state index contributed by atoms with van der Waals surface area (Å²) in [4.78, 5) is 42.5. The minimum atomic E-state index is -0.821. The second-order valence-electron chi connectivity index (χ2n) is 5.22. The Bertz CT molecular complexity index is 386. The summed E-state index contributed by atoms with van der Waals surface area (Å²) in [6.07, 6.45) is 3.69. The van der Waals surface area contributed by atoms with E-state index < -0.39 is 5.97 Å². The SMILES string of the molecule is CCOC(=O)CCCCC(=O)O.CCOC(=O)CCCCC(=O)OCC. The smallest absolute Gasteiger partial charge is 0.305 e. The van der Waals surface area contributed by atoms with Gasteiger partial charge in [-0.1, -0.05) is 0 Å². The molecule has 0 atom stereocenters. The molecule has 0 aliphatic rings. The summed E-state index contributed by atoms with van der Waals surface area (Å²) >= 11 is 0. The third-order valence-electron chi connectivity index (χ3n) is 2.95. The van der Waals surface area contributed by atoms with Crippen LogP contribution < -0.4 is 0 Å². The molecule has 0 amide bonds. The maximum atomic E-state index is 10.9. The lowest BCUT2D eigenvalue weighted by atomic mass is 10.2. The van der Waals surface area contributed by atoms with Crippen molar-refractivity contribution < 1.29 is 38.5 Å². The van der Waals surface area contributed by atoms with Crippen molar-refractivity contribution in [2.24, 2.45) is 0 Å². The van der Waals surface area contributed by atoms with Crippen LogP contribution in [0, 0.1) is 0 Å². The lowest BCUT2D eigenvalue weighted by molar-refractivity contribution is -0.145. The van der Waals surface area contributed by atoms with Crippen LogP contribution in [0.4, 0.5) is 0 Å². The first-order chi connectivity index (χ1) is 12.4. The molecule has 26 heavy (non-hydrogen) atoms. The summed E-state index contributed by atoms with van der Waals surface area (Å²) in [5.41, 5.74) is 0. The van der Waals surface area contributed by atoms with Crippen LogP contribution in [-0.2, 0) is 33.4 Å². The molecular formula is C18H32O8. The minimum Gasteiger partial charge on any atom is -0.481 e. The first-order valence-electron chi connectivity index (χ1n) is 9.05. The standard InChI is InChI=1S/C10H18O4.C8H14O4/c1-3-13-9(11)7-5-6-8-10(12)14-4-2;1-2-12-8(11)6-4-3-5-7(9)10/h3-8H2,1-2H3;2-6H2,1H3,(H,9,10). The predicted octanol–water partition coefficient (Wildman–Crippen LogP) is 2.87. The zero-order chi connectivity index (χ0) is 20.2. The van der Waals surface area contributed by atoms with E-state index in [9.17, 15) is 19.2 Å². The number of esters is 3. The van der Waals surface area contributed by atoms with Crippen LogP contribution in [0.2, 0.25) is 0 Å². The number of carboxylic acid groups (broad SMARTS) is 1. The maximum Gasteiger partial charge on any atom is 0.305 e. The van der Waals surface area contributed by atoms with Gasteiger partial charge in [0.25, 0.3) is 0 Å². The van der Waals surface area contributed by atoms with Gasteiger partial charge in [-0.15, -0.1) is 0 Å². The molecule has 0 bridgehead atoms. The Hall–Kier alpha value is -2.12. The molecule has 0 aromatic carbocycles. The molecule has 0 unspecified atom stereocenters. The third-order valence-corrected chi connectivity index (χ3v) is 2.95. The molecule has 0 saturated heterocycles. The van der Waals surface area contributed by atoms with Crippen LogP contribution in [0.15, 0.2) is 0 Å². The Kier molecular flexibility index (Phi) is 19.3. The van der Waals surface area contributed by atoms with Gasteiger partial charge in [0, 0.05) is 25.7 Å². The van der Waals surface area contributed by atoms with Crippen LogP contribution in [0.5, 0.6) is 0 Å². The summed E-state index contributed by atoms with van der Waals surface area (Å²) < 4.78 is 14.1. The second kappa shape index (κ2) is 19.2. The van der Waals surface area contributed by atoms with E-state index in [4.69, 9.17) is 14.6 Å². The van der Waals surface area contributed by atoms with Gasteiger partial charge in [-0.05, 0) is 46.5 Å². The van der Waals surface area contributed by atoms with E-state index in [0.29, 0.717) is 64.8 Å². The highest BCUT2D eigenvalue weighted by atomic mass is 16.5. The fourth-order valence-corrected chi connectivity index (χ4v) is 1.78. The van der Waals surface area contributed by atoms with E-state index in [1.54, 1.807) is 20.8 Å². The number of unbranched alkanes of at least 4 members (excludes halogenated alkanes) is 2. The van der Waals surface area contributed by atoms with Gasteiger partial charge < -0.3 is 19.3 Å². The topological polar surface area (TPSA) is 116 Å². The van der Waals surface area contributed by atoms with Crippen molar-refractivity contribution >= 4 is 23.9 Å². The highest BCUT2D eigenvalue weighted by Gasteiger charge is 2.04. The summed E-state index contributed by atoms with van der Waals surface area (Å²) in [7, 11) is 0. The molecule has 0 aromatic rings. The van der Waals surface area contributed by atoms with Crippen LogP contribution >= 0.6 is 0 Å². The molecule has 0 heterocycles. The normalized spacial score (nSPS) is 9.50. The summed E-state index contributed by atoms with van der Waals surface area (Å²) in [6, 6.07) is 0. The maximum absolute atomic E-state index is 10.9. The van der Waals surface area contributed by atoms with Gasteiger partial charge in [0.1, 0.15) is 0 Å². The number of hydrogen-bond acceptors (Lipinski definition) is 7. The monoisotopic (exact) mass is 376 g/mol. The van der Waals surface area contributed by atoms with E-state index in [2.05, 4.69) is 4.74 Å². The fraction of sp³-hybridized carbons (Fsp3) is 0.778. The molecule has 0 aliphatic carbocycles. The number of carbonyl (C=O) groups excluding carboxylic acids is 3. The van der Waals surface area contributed by atoms with Gasteiger partial charge in [0.05, 0.1) is 19.8 Å². The molecule has 0 fully saturated rings. The van der Waals surface area contributed by atoms with E-state index in [1.807, 2.05) is 0 Å². The summed E-state index contributed by atoms with van der Waals surface area (Å²) in [5.74, 6) is -1.46. The van der Waals surface area contributed by atoms with E-state index in [0.717, 1.165) is 0 Å². The van der Waals surface area contributed by atoms with Crippen molar-refractivity contribution in [2.45, 2.75) is 72.1 Å². The number of carboxylic acids is 1. The molecule has 8 heteroatoms. The number of aliphatic carboxylic acids is 1. The molecule has 152 valence electrons. The van der Waals surface area contributed by atoms with Crippen molar-refractivity contribution in [1.29, 1.82) is 0 Å². The van der Waals surface area contributed by atoms with E-state index in [-0.39, 0.29) is 24.3 Å². The zero-order valence-electron chi connectivity index (χ0n) is 16.1. The lowest BCUT2D eigenvalue weighted by Crippen LogP contribution is -2.06. The van der Waals surface area contributed by atoms with Crippen molar-refractivity contribution in [1.82, 2.24) is 0 Å². The first-order valence-corrected chi connectivity index (χ1v) is 9.05. The predicted molar refractivity (Wildman–Crippen MR) is 94.5 cm³/mol. The average Bonchev–Trinajstić information content (AvgIpc) is 2.57. The molecule has 0 aliphatic heterocycles. The molecular weight excluding hydrogens is 344 g/mol. The fourth-order valence-electron chi connectivity index (χ4n) is 1.78. The Balaban J connectivity index is 0. The van der Waals surface area contributed by atoms with Crippen LogP contribution in [0.3, 0.4) is 0 Å². The minimum absolute atomic E-state index is 0.124. The molecule has 0 radical (unpaired) electrons. The van der Waals surface area contributed by atoms with Crippen LogP contribution in [0.1, 0.15) is 72.1 Å². The second-order valence-corrected chi connectivity index (χ2v) is 5.22. The average molecular weight is 376 g/mol. The Morgan fingerprint density at radius 3 is 1.08 bits per heavy atom. The van der Waals surface area contributed by atoms with Gasteiger partial charge in [-0.2, -0.15) is 0 Å². The molecule has 0 rings (SSSR count). The first kappa shape index (κ1) is 26.1. The quantitative estimate of drug-likeness (QED) is 0.296. The van der Waals surface area contributed by atoms with Crippen molar-refractivity contribution in [3.05, 3.63) is 0 Å². The summed E-state index contributed by atoms with van der Waals surface area (Å²) in [5, 5.41) is 8.27. The Morgan fingerprint density at radius 1 is 0.577 bits per heavy atom. The molecule has 0 saturated carbocycles. The Morgan fingerprint density at radius 2 is 0.846 bits per heavy atom. The number of rotatable bonds is 13. The van der Waals surface area contributed by atoms with Crippen molar-refractivity contribution in [3.8, 4) is 0 Å². The van der Waals surface area contributed by atoms with Crippen LogP contribution in [-0.4, -0.2) is 48.8 Å². The van der Waals surface area contributed by atoms with Crippen molar-refractivity contribution in [3.63, 3.8) is 0 Å². The van der Waals surface area contributed by atoms with Gasteiger partial charge >= 0.3 is 23.9 Å². The van der Waals surface area contributed by atoms with Gasteiger partial charge in [0.2, 0.25) is 0 Å². The number of ether oxygens (including phenoxy) is 3. The van der Waals surface area contributed by atoms with E-state index >= 15 is 0 Å². The highest BCUT2D eigenvalue weighted by Crippen LogP contribution is 2.03. The lowest BCUT2D eigenvalue weighted by Gasteiger charge is -2.02. The van der Waals surface area contributed by atoms with Crippen LogP contribution in [0.25, 0.3) is 0 Å². The largest absolute Gasteiger partial charge is 0.481 e. The third kappa shape index (κ3) is 21.9.